The molecule has 0 saturated heterocycles. The smallest absolute Gasteiger partial charge is 0.224 e. The highest BCUT2D eigenvalue weighted by Crippen LogP contribution is 2.07. The molecule has 0 aromatic carbocycles. The summed E-state index contributed by atoms with van der Waals surface area (Å²) in [6, 6.07) is 0. The number of unbranched alkanes of at least 4 members (excludes halogenated alkanes) is 6. The van der Waals surface area contributed by atoms with E-state index in [4.69, 9.17) is 4.74 Å². The van der Waals surface area contributed by atoms with Gasteiger partial charge in [0.25, 0.3) is 0 Å². The second-order valence-electron chi connectivity index (χ2n) is 5.24. The van der Waals surface area contributed by atoms with Crippen LogP contribution < -0.4 is 0 Å². The normalized spacial score (nSPS) is 10.7. The molecule has 0 aliphatic carbocycles. The molecule has 0 aliphatic heterocycles. The predicted molar refractivity (Wildman–Crippen MR) is 81.4 cm³/mol. The monoisotopic (exact) mass is 271 g/mol. The average molecular weight is 271 g/mol. The van der Waals surface area contributed by atoms with E-state index in [2.05, 4.69) is 13.8 Å². The van der Waals surface area contributed by atoms with Crippen LogP contribution in [0.3, 0.4) is 0 Å². The van der Waals surface area contributed by atoms with Crippen LogP contribution in [0.4, 0.5) is 0 Å². The maximum Gasteiger partial charge on any atom is 0.224 e. The van der Waals surface area contributed by atoms with Gasteiger partial charge < -0.3 is 9.64 Å². The lowest BCUT2D eigenvalue weighted by atomic mass is 10.1. The third kappa shape index (κ3) is 11.0. The molecule has 0 spiro atoms. The van der Waals surface area contributed by atoms with Crippen molar-refractivity contribution in [2.45, 2.75) is 71.6 Å². The highest BCUT2D eigenvalue weighted by atomic mass is 16.5. The third-order valence-electron chi connectivity index (χ3n) is 3.44. The van der Waals surface area contributed by atoms with Crippen molar-refractivity contribution < 1.29 is 9.53 Å². The van der Waals surface area contributed by atoms with Crippen molar-refractivity contribution in [2.75, 3.05) is 26.8 Å². The minimum Gasteiger partial charge on any atom is -0.384 e. The van der Waals surface area contributed by atoms with Crippen LogP contribution in [0.15, 0.2) is 0 Å². The molecule has 19 heavy (non-hydrogen) atoms. The van der Waals surface area contributed by atoms with Crippen molar-refractivity contribution in [2.24, 2.45) is 0 Å². The molecular formula is C16H33NO2. The number of nitrogens with zero attached hydrogens (tertiary/aromatic N) is 1. The van der Waals surface area contributed by atoms with E-state index in [0.717, 1.165) is 25.9 Å². The molecule has 3 nitrogen and oxygen atoms in total. The van der Waals surface area contributed by atoms with Crippen LogP contribution in [0.5, 0.6) is 0 Å². The molecule has 0 aromatic heterocycles. The van der Waals surface area contributed by atoms with Crippen LogP contribution in [0.1, 0.15) is 71.6 Å². The van der Waals surface area contributed by atoms with Gasteiger partial charge in [0.05, 0.1) is 13.0 Å². The van der Waals surface area contributed by atoms with E-state index in [1.54, 1.807) is 7.11 Å². The van der Waals surface area contributed by atoms with E-state index < -0.39 is 0 Å². The zero-order valence-corrected chi connectivity index (χ0v) is 13.2. The first-order valence-electron chi connectivity index (χ1n) is 8.02. The maximum atomic E-state index is 12.1. The Hall–Kier alpha value is -0.570. The quantitative estimate of drug-likeness (QED) is 0.474. The molecular weight excluding hydrogens is 238 g/mol. The van der Waals surface area contributed by atoms with Crippen LogP contribution in [-0.4, -0.2) is 37.6 Å². The molecule has 3 heteroatoms. The number of ether oxygens (including phenoxy) is 1. The van der Waals surface area contributed by atoms with Gasteiger partial charge >= 0.3 is 0 Å². The highest BCUT2D eigenvalue weighted by molar-refractivity contribution is 5.76. The molecule has 0 aliphatic rings. The summed E-state index contributed by atoms with van der Waals surface area (Å²) in [5, 5.41) is 0. The van der Waals surface area contributed by atoms with Crippen LogP contribution in [-0.2, 0) is 9.53 Å². The zero-order valence-electron chi connectivity index (χ0n) is 13.2. The largest absolute Gasteiger partial charge is 0.384 e. The van der Waals surface area contributed by atoms with E-state index in [-0.39, 0.29) is 5.91 Å². The number of amides is 1. The van der Waals surface area contributed by atoms with Gasteiger partial charge in [0.1, 0.15) is 0 Å². The number of hydrogen-bond donors (Lipinski definition) is 0. The lowest BCUT2D eigenvalue weighted by Gasteiger charge is -2.22. The van der Waals surface area contributed by atoms with Crippen molar-refractivity contribution in [3.8, 4) is 0 Å². The number of rotatable bonds is 13. The minimum atomic E-state index is 0.259. The molecule has 0 heterocycles. The summed E-state index contributed by atoms with van der Waals surface area (Å²) >= 11 is 0. The van der Waals surface area contributed by atoms with Crippen LogP contribution in [0.25, 0.3) is 0 Å². The molecule has 0 N–H and O–H groups in total. The van der Waals surface area contributed by atoms with Gasteiger partial charge in [-0.05, 0) is 12.8 Å². The van der Waals surface area contributed by atoms with Gasteiger partial charge in [-0.1, -0.05) is 52.4 Å². The van der Waals surface area contributed by atoms with E-state index >= 15 is 0 Å². The minimum absolute atomic E-state index is 0.259. The van der Waals surface area contributed by atoms with Crippen LogP contribution >= 0.6 is 0 Å². The summed E-state index contributed by atoms with van der Waals surface area (Å²) in [5.41, 5.74) is 0. The Kier molecular flexibility index (Phi) is 13.4. The molecule has 0 bridgehead atoms. The molecule has 0 atom stereocenters. The van der Waals surface area contributed by atoms with Crippen molar-refractivity contribution in [1.82, 2.24) is 4.90 Å². The summed E-state index contributed by atoms with van der Waals surface area (Å²) in [7, 11) is 1.65. The molecule has 0 fully saturated rings. The van der Waals surface area contributed by atoms with Gasteiger partial charge in [0, 0.05) is 20.2 Å². The topological polar surface area (TPSA) is 29.5 Å². The summed E-state index contributed by atoms with van der Waals surface area (Å²) in [6.07, 6.45) is 10.3. The second kappa shape index (κ2) is 13.9. The van der Waals surface area contributed by atoms with Crippen molar-refractivity contribution >= 4 is 5.91 Å². The number of carbonyl (C=O) groups excluding carboxylic acids is 1. The van der Waals surface area contributed by atoms with E-state index in [1.807, 2.05) is 4.90 Å². The summed E-state index contributed by atoms with van der Waals surface area (Å²) in [5.74, 6) is 0.259. The summed E-state index contributed by atoms with van der Waals surface area (Å²) < 4.78 is 5.00. The van der Waals surface area contributed by atoms with E-state index in [0.29, 0.717) is 13.0 Å². The molecule has 114 valence electrons. The molecule has 1 amide bonds. The van der Waals surface area contributed by atoms with Gasteiger partial charge in [-0.3, -0.25) is 4.79 Å². The Morgan fingerprint density at radius 1 is 0.895 bits per heavy atom. The number of methoxy groups -OCH3 is 1. The lowest BCUT2D eigenvalue weighted by Crippen LogP contribution is -2.33. The summed E-state index contributed by atoms with van der Waals surface area (Å²) in [6.45, 7) is 6.82. The lowest BCUT2D eigenvalue weighted by molar-refractivity contribution is -0.132. The van der Waals surface area contributed by atoms with E-state index in [9.17, 15) is 4.79 Å². The maximum absolute atomic E-state index is 12.1. The van der Waals surface area contributed by atoms with Crippen molar-refractivity contribution in [3.05, 3.63) is 0 Å². The van der Waals surface area contributed by atoms with Gasteiger partial charge in [0.15, 0.2) is 0 Å². The first-order valence-corrected chi connectivity index (χ1v) is 8.02. The molecule has 0 saturated carbocycles. The van der Waals surface area contributed by atoms with Gasteiger partial charge in [-0.15, -0.1) is 0 Å². The molecule has 0 unspecified atom stereocenters. The Balaban J connectivity index is 3.94. The fourth-order valence-electron chi connectivity index (χ4n) is 2.17. The molecule has 0 radical (unpaired) electrons. The SMILES string of the molecule is CCCCCCN(CCCCCC)C(=O)CCOC. The number of hydrogen-bond acceptors (Lipinski definition) is 2. The number of carbonyl (C=O) groups is 1. The molecule has 0 aromatic rings. The first-order chi connectivity index (χ1) is 9.26. The Labute approximate surface area is 119 Å². The standard InChI is InChI=1S/C16H33NO2/c1-4-6-8-10-13-17(14-11-9-7-5-2)16(18)12-15-19-3/h4-15H2,1-3H3. The van der Waals surface area contributed by atoms with Gasteiger partial charge in [0.2, 0.25) is 5.91 Å². The Morgan fingerprint density at radius 2 is 1.42 bits per heavy atom. The first kappa shape index (κ1) is 18.4. The Morgan fingerprint density at radius 3 is 1.84 bits per heavy atom. The average Bonchev–Trinajstić information content (AvgIpc) is 2.43. The highest BCUT2D eigenvalue weighted by Gasteiger charge is 2.12. The van der Waals surface area contributed by atoms with Crippen molar-refractivity contribution in [1.29, 1.82) is 0 Å². The zero-order chi connectivity index (χ0) is 14.3. The van der Waals surface area contributed by atoms with Crippen molar-refractivity contribution in [3.63, 3.8) is 0 Å². The third-order valence-corrected chi connectivity index (χ3v) is 3.44. The second-order valence-corrected chi connectivity index (χ2v) is 5.24. The van der Waals surface area contributed by atoms with Gasteiger partial charge in [-0.25, -0.2) is 0 Å². The van der Waals surface area contributed by atoms with Gasteiger partial charge in [-0.2, -0.15) is 0 Å². The molecule has 0 rings (SSSR count). The Bertz CT molecular complexity index is 195. The fraction of sp³-hybridized carbons (Fsp3) is 0.938. The summed E-state index contributed by atoms with van der Waals surface area (Å²) in [4.78, 5) is 14.1. The van der Waals surface area contributed by atoms with Crippen LogP contribution in [0.2, 0.25) is 0 Å². The predicted octanol–water partition coefficient (Wildman–Crippen LogP) is 4.01. The van der Waals surface area contributed by atoms with Crippen LogP contribution in [0, 0.1) is 0 Å². The fourth-order valence-corrected chi connectivity index (χ4v) is 2.17. The van der Waals surface area contributed by atoms with E-state index in [1.165, 1.54) is 38.5 Å².